The third-order valence-electron chi connectivity index (χ3n) is 2.58. The van der Waals surface area contributed by atoms with Crippen LogP contribution in [0.25, 0.3) is 10.4 Å². The van der Waals surface area contributed by atoms with E-state index in [0.717, 1.165) is 0 Å². The summed E-state index contributed by atoms with van der Waals surface area (Å²) < 4.78 is 16.2. The fourth-order valence-corrected chi connectivity index (χ4v) is 1.49. The van der Waals surface area contributed by atoms with Gasteiger partial charge in [-0.25, -0.2) is 4.79 Å². The lowest BCUT2D eigenvalue weighted by atomic mass is 10.5. The molecule has 0 fully saturated rings. The van der Waals surface area contributed by atoms with Gasteiger partial charge in [-0.3, -0.25) is 0 Å². The second-order valence-corrected chi connectivity index (χ2v) is 4.35. The van der Waals surface area contributed by atoms with Crippen LogP contribution >= 0.6 is 0 Å². The molecule has 1 aromatic rings. The lowest BCUT2D eigenvalue weighted by molar-refractivity contribution is -0.146. The van der Waals surface area contributed by atoms with Gasteiger partial charge in [0.1, 0.15) is 0 Å². The summed E-state index contributed by atoms with van der Waals surface area (Å²) in [6.45, 7) is 2.16. The first-order chi connectivity index (χ1) is 11.6. The Bertz CT molecular complexity index is 523. The van der Waals surface area contributed by atoms with Gasteiger partial charge in [0, 0.05) is 23.6 Å². The number of carbonyl (C=O) groups excluding carboxylic acids is 1. The van der Waals surface area contributed by atoms with Crippen LogP contribution in [0.1, 0.15) is 6.42 Å². The zero-order chi connectivity index (χ0) is 17.6. The maximum Gasteiger partial charge on any atom is 0.335 e. The maximum absolute atomic E-state index is 11.5. The summed E-state index contributed by atoms with van der Waals surface area (Å²) in [6.07, 6.45) is -0.0421. The predicted octanol–water partition coefficient (Wildman–Crippen LogP) is 0.605. The van der Waals surface area contributed by atoms with Crippen LogP contribution in [0, 0.1) is 0 Å². The van der Waals surface area contributed by atoms with Gasteiger partial charge in [-0.15, -0.1) is 4.73 Å². The molecular formula is C13H20N4O7. The van der Waals surface area contributed by atoms with Crippen molar-refractivity contribution in [2.24, 2.45) is 5.11 Å². The molecule has 0 aliphatic heterocycles. The smallest absolute Gasteiger partial charge is 0.335 e. The number of carbonyl (C=O) groups is 1. The Kier molecular flexibility index (Phi) is 9.81. The molecule has 11 heteroatoms. The Morgan fingerprint density at radius 3 is 2.17 bits per heavy atom. The van der Waals surface area contributed by atoms with Crippen LogP contribution in [-0.4, -0.2) is 67.1 Å². The minimum Gasteiger partial charge on any atom is -0.492 e. The summed E-state index contributed by atoms with van der Waals surface area (Å²) in [5, 5.41) is 21.9. The van der Waals surface area contributed by atoms with Crippen LogP contribution < -0.4 is 4.84 Å². The first-order valence-corrected chi connectivity index (χ1v) is 7.20. The highest BCUT2D eigenvalue weighted by Gasteiger charge is 2.11. The van der Waals surface area contributed by atoms with Crippen molar-refractivity contribution in [2.75, 3.05) is 46.2 Å². The Balaban J connectivity index is 1.93. The van der Waals surface area contributed by atoms with Crippen molar-refractivity contribution in [1.82, 2.24) is 4.73 Å². The Morgan fingerprint density at radius 1 is 1.04 bits per heavy atom. The number of hydrogen-bond acceptors (Lipinski definition) is 8. The molecule has 1 aromatic heterocycles. The highest BCUT2D eigenvalue weighted by atomic mass is 16.7. The van der Waals surface area contributed by atoms with Gasteiger partial charge in [-0.1, -0.05) is 5.11 Å². The van der Waals surface area contributed by atoms with Gasteiger partial charge in [0.15, 0.2) is 0 Å². The number of rotatable bonds is 13. The quantitative estimate of drug-likeness (QED) is 0.230. The summed E-state index contributed by atoms with van der Waals surface area (Å²) >= 11 is 0. The van der Waals surface area contributed by atoms with E-state index in [2.05, 4.69) is 10.0 Å². The predicted molar refractivity (Wildman–Crippen MR) is 80.4 cm³/mol. The monoisotopic (exact) mass is 344 g/mol. The van der Waals surface area contributed by atoms with Gasteiger partial charge in [0.25, 0.3) is 0 Å². The number of hydrogen-bond donors (Lipinski definition) is 2. The summed E-state index contributed by atoms with van der Waals surface area (Å²) in [5.41, 5.74) is 8.04. The summed E-state index contributed by atoms with van der Waals surface area (Å²) in [5.74, 6) is -1.42. The maximum atomic E-state index is 11.5. The van der Waals surface area contributed by atoms with Crippen LogP contribution in [0.4, 0.5) is 0 Å². The second kappa shape index (κ2) is 12.0. The molecule has 0 atom stereocenters. The van der Waals surface area contributed by atoms with Crippen molar-refractivity contribution in [2.45, 2.75) is 6.42 Å². The van der Waals surface area contributed by atoms with Crippen LogP contribution in [-0.2, 0) is 19.0 Å². The largest absolute Gasteiger partial charge is 0.492 e. The summed E-state index contributed by atoms with van der Waals surface area (Å²) in [6, 6.07) is 2.38. The van der Waals surface area contributed by atoms with E-state index in [9.17, 15) is 15.0 Å². The zero-order valence-corrected chi connectivity index (χ0v) is 13.0. The molecule has 0 aromatic carbocycles. The average Bonchev–Trinajstić information content (AvgIpc) is 2.88. The fourth-order valence-electron chi connectivity index (χ4n) is 1.49. The average molecular weight is 344 g/mol. The fraction of sp³-hybridized carbons (Fsp3) is 0.615. The van der Waals surface area contributed by atoms with Gasteiger partial charge >= 0.3 is 5.97 Å². The van der Waals surface area contributed by atoms with E-state index in [0.29, 0.717) is 37.8 Å². The van der Waals surface area contributed by atoms with Gasteiger partial charge in [-0.05, 0) is 5.53 Å². The molecule has 0 aliphatic rings. The molecule has 24 heavy (non-hydrogen) atoms. The van der Waals surface area contributed by atoms with Gasteiger partial charge < -0.3 is 29.3 Å². The number of aromatic nitrogens is 1. The Morgan fingerprint density at radius 2 is 1.58 bits per heavy atom. The number of ether oxygens (including phenoxy) is 3. The minimum atomic E-state index is -0.661. The summed E-state index contributed by atoms with van der Waals surface area (Å²) in [4.78, 5) is 18.8. The van der Waals surface area contributed by atoms with E-state index in [-0.39, 0.29) is 31.3 Å². The lowest BCUT2D eigenvalue weighted by Crippen LogP contribution is -2.20. The molecule has 11 nitrogen and oxygen atoms in total. The van der Waals surface area contributed by atoms with Crippen molar-refractivity contribution in [3.05, 3.63) is 22.6 Å². The highest BCUT2D eigenvalue weighted by Crippen LogP contribution is 2.18. The third-order valence-corrected chi connectivity index (χ3v) is 2.58. The Hall–Kier alpha value is -2.46. The van der Waals surface area contributed by atoms with Gasteiger partial charge in [-0.2, -0.15) is 0 Å². The molecule has 0 aliphatic carbocycles. The van der Waals surface area contributed by atoms with E-state index in [1.807, 2.05) is 0 Å². The topological polar surface area (TPSA) is 148 Å². The number of nitrogens with zero attached hydrogens (tertiary/aromatic N) is 4. The van der Waals surface area contributed by atoms with E-state index >= 15 is 0 Å². The molecule has 0 spiro atoms. The molecule has 1 rings (SSSR count). The van der Waals surface area contributed by atoms with Crippen LogP contribution in [0.5, 0.6) is 11.8 Å². The molecular weight excluding hydrogens is 324 g/mol. The molecule has 0 amide bonds. The molecule has 134 valence electrons. The molecule has 0 saturated heterocycles. The van der Waals surface area contributed by atoms with Crippen LogP contribution in [0.2, 0.25) is 0 Å². The van der Waals surface area contributed by atoms with E-state index in [1.54, 1.807) is 0 Å². The number of azide groups is 1. The standard InChI is InChI=1S/C13H20N4O7/c14-16-15-4-6-22-8-10-23-9-7-21-5-3-13(20)24-17-11(18)1-2-12(17)19/h1-2,18-19H,3-10H2. The second-order valence-electron chi connectivity index (χ2n) is 4.35. The lowest BCUT2D eigenvalue weighted by Gasteiger charge is -2.08. The molecule has 0 saturated carbocycles. The molecule has 2 N–H and O–H groups in total. The van der Waals surface area contributed by atoms with E-state index < -0.39 is 5.97 Å². The van der Waals surface area contributed by atoms with Crippen LogP contribution in [0.15, 0.2) is 17.2 Å². The van der Waals surface area contributed by atoms with Gasteiger partial charge in [0.2, 0.25) is 11.8 Å². The Labute approximate surface area is 137 Å². The SMILES string of the molecule is [N-]=[N+]=NCCOCCOCCOCCC(=O)On1c(O)ccc1O. The van der Waals surface area contributed by atoms with Crippen molar-refractivity contribution in [3.8, 4) is 11.8 Å². The van der Waals surface area contributed by atoms with E-state index in [4.69, 9.17) is 24.6 Å². The first kappa shape index (κ1) is 19.6. The van der Waals surface area contributed by atoms with Crippen molar-refractivity contribution >= 4 is 5.97 Å². The zero-order valence-electron chi connectivity index (χ0n) is 13.0. The van der Waals surface area contributed by atoms with Crippen molar-refractivity contribution in [3.63, 3.8) is 0 Å². The molecule has 0 bridgehead atoms. The highest BCUT2D eigenvalue weighted by molar-refractivity contribution is 5.70. The normalized spacial score (nSPS) is 10.3. The third kappa shape index (κ3) is 8.25. The van der Waals surface area contributed by atoms with E-state index in [1.165, 1.54) is 12.1 Å². The minimum absolute atomic E-state index is 0.0421. The van der Waals surface area contributed by atoms with Crippen molar-refractivity contribution in [1.29, 1.82) is 0 Å². The summed E-state index contributed by atoms with van der Waals surface area (Å²) in [7, 11) is 0. The van der Waals surface area contributed by atoms with Crippen molar-refractivity contribution < 1.29 is 34.1 Å². The van der Waals surface area contributed by atoms with Crippen LogP contribution in [0.3, 0.4) is 0 Å². The molecule has 0 radical (unpaired) electrons. The first-order valence-electron chi connectivity index (χ1n) is 7.20. The van der Waals surface area contributed by atoms with Gasteiger partial charge in [0.05, 0.1) is 46.1 Å². The molecule has 0 unspecified atom stereocenters. The molecule has 1 heterocycles. The number of aromatic hydroxyl groups is 2.